The molecule has 1 nitrogen and oxygen atoms in total. The summed E-state index contributed by atoms with van der Waals surface area (Å²) in [6.45, 7) is 0. The van der Waals surface area contributed by atoms with E-state index in [-0.39, 0.29) is 62.4 Å². The molecule has 0 radical (unpaired) electrons. The molecule has 0 saturated carbocycles. The number of furan rings is 1. The SMILES string of the molecule is [2H]c1c([2H])c(-c2ccc3cccc(-c4c5ccccc5c(-c5ccc6ccccc6c5)c5ccccc45)c3c2)c2c(oc3c([2H])c4c([2H])c([2H])c([2H])c([2H])c4c([2H])c32)c1[2H]. The maximum Gasteiger partial charge on any atom is 0.136 e. The van der Waals surface area contributed by atoms with Crippen LogP contribution < -0.4 is 0 Å². The lowest BCUT2D eigenvalue weighted by Gasteiger charge is -2.19. The van der Waals surface area contributed by atoms with Crippen molar-refractivity contribution in [3.05, 3.63) is 182 Å². The summed E-state index contributed by atoms with van der Waals surface area (Å²) in [6, 6.07) is 40.1. The van der Waals surface area contributed by atoms with Gasteiger partial charge in [-0.2, -0.15) is 0 Å². The van der Waals surface area contributed by atoms with Gasteiger partial charge in [-0.3, -0.25) is 0 Å². The molecule has 0 aliphatic heterocycles. The van der Waals surface area contributed by atoms with E-state index < -0.39 is 30.2 Å². The predicted molar refractivity (Wildman–Crippen MR) is 218 cm³/mol. The van der Waals surface area contributed by atoms with Gasteiger partial charge in [-0.05, 0) is 118 Å². The number of hydrogen-bond acceptors (Lipinski definition) is 1. The Balaban J connectivity index is 1.23. The third-order valence-electron chi connectivity index (χ3n) is 10.1. The second-order valence-corrected chi connectivity index (χ2v) is 12.9. The molecule has 0 spiro atoms. The van der Waals surface area contributed by atoms with Crippen LogP contribution in [0.1, 0.15) is 12.3 Å². The van der Waals surface area contributed by atoms with Crippen molar-refractivity contribution in [2.24, 2.45) is 0 Å². The molecule has 0 atom stereocenters. The fourth-order valence-corrected chi connectivity index (χ4v) is 7.85. The van der Waals surface area contributed by atoms with E-state index in [1.54, 1.807) is 0 Å². The molecule has 1 aromatic heterocycles. The van der Waals surface area contributed by atoms with Crippen LogP contribution in [0.2, 0.25) is 0 Å². The first kappa shape index (κ1) is 20.7. The van der Waals surface area contributed by atoms with Crippen molar-refractivity contribution in [1.82, 2.24) is 0 Å². The third kappa shape index (κ3) is 4.28. The summed E-state index contributed by atoms with van der Waals surface area (Å²) in [5.74, 6) is 0. The molecule has 0 N–H and O–H groups in total. The van der Waals surface area contributed by atoms with Gasteiger partial charge in [0.2, 0.25) is 0 Å². The Morgan fingerprint density at radius 1 is 0.373 bits per heavy atom. The summed E-state index contributed by atoms with van der Waals surface area (Å²) < 4.78 is 85.6. The van der Waals surface area contributed by atoms with Crippen molar-refractivity contribution >= 4 is 75.8 Å². The second-order valence-electron chi connectivity index (χ2n) is 12.9. The van der Waals surface area contributed by atoms with Crippen LogP contribution in [-0.2, 0) is 0 Å². The zero-order chi connectivity index (χ0) is 41.3. The van der Waals surface area contributed by atoms with Gasteiger partial charge in [0.05, 0.1) is 12.3 Å². The van der Waals surface area contributed by atoms with Gasteiger partial charge in [-0.15, -0.1) is 0 Å². The Kier molecular flexibility index (Phi) is 4.43. The minimum atomic E-state index is -0.532. The molecule has 0 saturated heterocycles. The van der Waals surface area contributed by atoms with Gasteiger partial charge in [-0.25, -0.2) is 0 Å². The van der Waals surface area contributed by atoms with Crippen LogP contribution in [0, 0.1) is 0 Å². The molecule has 0 bridgehead atoms. The molecule has 0 aliphatic rings. The molecule has 0 unspecified atom stereocenters. The van der Waals surface area contributed by atoms with E-state index in [2.05, 4.69) is 91.0 Å². The highest BCUT2D eigenvalue weighted by Gasteiger charge is 2.19. The number of rotatable bonds is 3. The van der Waals surface area contributed by atoms with Crippen LogP contribution in [0.3, 0.4) is 0 Å². The molecule has 0 amide bonds. The largest absolute Gasteiger partial charge is 0.456 e. The maximum absolute atomic E-state index is 9.38. The molecule has 236 valence electrons. The first-order chi connectivity index (χ1) is 29.0. The fourth-order valence-electron chi connectivity index (χ4n) is 7.85. The molecule has 0 fully saturated rings. The Morgan fingerprint density at radius 3 is 1.80 bits per heavy atom. The van der Waals surface area contributed by atoms with Crippen molar-refractivity contribution in [2.75, 3.05) is 0 Å². The van der Waals surface area contributed by atoms with E-state index in [9.17, 15) is 2.74 Å². The lowest BCUT2D eigenvalue weighted by atomic mass is 9.84. The lowest BCUT2D eigenvalue weighted by Crippen LogP contribution is -1.92. The predicted octanol–water partition coefficient (Wildman–Crippen LogP) is 14.4. The summed E-state index contributed by atoms with van der Waals surface area (Å²) in [5.41, 5.74) is 4.77. The van der Waals surface area contributed by atoms with Crippen LogP contribution in [0.4, 0.5) is 0 Å². The van der Waals surface area contributed by atoms with Gasteiger partial charge in [-0.1, -0.05) is 152 Å². The molecule has 11 rings (SSSR count). The van der Waals surface area contributed by atoms with Crippen LogP contribution in [-0.4, -0.2) is 0 Å². The van der Waals surface area contributed by atoms with E-state index in [0.717, 1.165) is 60.0 Å². The molecular formula is C50H30O. The van der Waals surface area contributed by atoms with Gasteiger partial charge in [0.25, 0.3) is 0 Å². The smallest absolute Gasteiger partial charge is 0.136 e. The molecule has 11 aromatic rings. The molecule has 0 aliphatic carbocycles. The quantitative estimate of drug-likeness (QED) is 0.173. The monoisotopic (exact) mass is 655 g/mol. The molecule has 51 heavy (non-hydrogen) atoms. The van der Waals surface area contributed by atoms with Crippen molar-refractivity contribution < 1.29 is 16.8 Å². The minimum Gasteiger partial charge on any atom is -0.456 e. The Labute approximate surface area is 307 Å². The van der Waals surface area contributed by atoms with Gasteiger partial charge in [0.1, 0.15) is 11.2 Å². The average Bonchev–Trinajstić information content (AvgIpc) is 3.68. The molecule has 1 heteroatoms. The maximum atomic E-state index is 9.38. The Morgan fingerprint density at radius 2 is 1.02 bits per heavy atom. The van der Waals surface area contributed by atoms with Crippen molar-refractivity contribution in [3.8, 4) is 33.4 Å². The van der Waals surface area contributed by atoms with Gasteiger partial charge in [0.15, 0.2) is 0 Å². The number of fused-ring (bicyclic) bond motifs is 8. The summed E-state index contributed by atoms with van der Waals surface area (Å²) >= 11 is 0. The summed E-state index contributed by atoms with van der Waals surface area (Å²) in [5, 5.41) is 8.37. The topological polar surface area (TPSA) is 13.1 Å². The summed E-state index contributed by atoms with van der Waals surface area (Å²) in [7, 11) is 0. The van der Waals surface area contributed by atoms with Crippen LogP contribution in [0.5, 0.6) is 0 Å². The van der Waals surface area contributed by atoms with Gasteiger partial charge >= 0.3 is 0 Å². The summed E-state index contributed by atoms with van der Waals surface area (Å²) in [6.07, 6.45) is 0. The van der Waals surface area contributed by atoms with Crippen molar-refractivity contribution in [3.63, 3.8) is 0 Å². The Hall–Kier alpha value is -6.70. The average molecular weight is 656 g/mol. The molecular weight excluding hydrogens is 617 g/mol. The highest BCUT2D eigenvalue weighted by molar-refractivity contribution is 6.24. The number of hydrogen-bond donors (Lipinski definition) is 0. The number of benzene rings is 10. The first-order valence-electron chi connectivity index (χ1n) is 21.4. The highest BCUT2D eigenvalue weighted by Crippen LogP contribution is 2.46. The van der Waals surface area contributed by atoms with Crippen LogP contribution in [0.25, 0.3) is 109 Å². The zero-order valence-corrected chi connectivity index (χ0v) is 27.0. The third-order valence-corrected chi connectivity index (χ3v) is 10.1. The minimum absolute atomic E-state index is 0.0548. The van der Waals surface area contributed by atoms with E-state index in [4.69, 9.17) is 14.0 Å². The van der Waals surface area contributed by atoms with E-state index in [1.165, 1.54) is 5.39 Å². The Bertz CT molecular complexity index is 3660. The van der Waals surface area contributed by atoms with Crippen molar-refractivity contribution in [2.45, 2.75) is 0 Å². The van der Waals surface area contributed by atoms with E-state index in [1.807, 2.05) is 36.4 Å². The molecule has 10 aromatic carbocycles. The lowest BCUT2D eigenvalue weighted by molar-refractivity contribution is 0.669. The standard InChI is InChI=1S/C50H30O/c1-2-12-33-27-37(26-23-31(33)11-1)48-39-16-5-7-18-41(39)49(42-19-8-6-17-40(42)48)43-21-9-15-32-24-25-36(29-44(32)43)38-20-10-22-46-50(38)45-28-34-13-3-4-14-35(34)30-47(45)51-46/h1-30H/i3D,4D,10D,13D,14D,20D,22D,28D,30D. The van der Waals surface area contributed by atoms with E-state index in [0.29, 0.717) is 5.56 Å². The normalized spacial score (nSPS) is 14.4. The zero-order valence-electron chi connectivity index (χ0n) is 36.0. The van der Waals surface area contributed by atoms with Gasteiger partial charge < -0.3 is 4.42 Å². The van der Waals surface area contributed by atoms with Crippen LogP contribution in [0.15, 0.2) is 186 Å². The molecule has 1 heterocycles. The van der Waals surface area contributed by atoms with Crippen molar-refractivity contribution in [1.29, 1.82) is 0 Å². The second kappa shape index (κ2) is 10.9. The first-order valence-corrected chi connectivity index (χ1v) is 16.9. The van der Waals surface area contributed by atoms with Gasteiger partial charge in [0, 0.05) is 10.8 Å². The highest BCUT2D eigenvalue weighted by atomic mass is 16.3. The summed E-state index contributed by atoms with van der Waals surface area (Å²) in [4.78, 5) is 0. The van der Waals surface area contributed by atoms with Crippen LogP contribution >= 0.6 is 0 Å². The van der Waals surface area contributed by atoms with E-state index >= 15 is 0 Å². The fraction of sp³-hybridized carbons (Fsp3) is 0.